The predicted molar refractivity (Wildman–Crippen MR) is 69.3 cm³/mol. The van der Waals surface area contributed by atoms with Crippen molar-refractivity contribution in [3.63, 3.8) is 0 Å². The Kier molecular flexibility index (Phi) is 3.98. The van der Waals surface area contributed by atoms with Crippen LogP contribution in [0.1, 0.15) is 60.8 Å². The molecule has 1 aliphatic rings. The van der Waals surface area contributed by atoms with Crippen molar-refractivity contribution in [2.45, 2.75) is 60.8 Å². The Bertz CT molecular complexity index is 302. The van der Waals surface area contributed by atoms with Crippen molar-refractivity contribution in [2.24, 2.45) is 17.3 Å². The molecule has 0 aromatic rings. The Morgan fingerprint density at radius 3 is 2.19 bits per heavy atom. The molecule has 92 valence electrons. The molecule has 0 saturated heterocycles. The fraction of sp³-hybridized carbons (Fsp3) is 0.800. The maximum absolute atomic E-state index is 12.3. The summed E-state index contributed by atoms with van der Waals surface area (Å²) >= 11 is 0. The SMILES string of the molecule is CCCC1CC(C(C)(C)C)=C(C(C)C)C1=O. The fourth-order valence-electron chi connectivity index (χ4n) is 2.74. The van der Waals surface area contributed by atoms with Gasteiger partial charge in [0.1, 0.15) is 0 Å². The maximum atomic E-state index is 12.3. The van der Waals surface area contributed by atoms with Gasteiger partial charge in [-0.2, -0.15) is 0 Å². The summed E-state index contributed by atoms with van der Waals surface area (Å²) in [7, 11) is 0. The van der Waals surface area contributed by atoms with Gasteiger partial charge in [0.15, 0.2) is 5.78 Å². The number of carbonyl (C=O) groups excluding carboxylic acids is 1. The van der Waals surface area contributed by atoms with Crippen molar-refractivity contribution in [3.05, 3.63) is 11.1 Å². The zero-order valence-electron chi connectivity index (χ0n) is 11.7. The average molecular weight is 222 g/mol. The Balaban J connectivity index is 3.05. The van der Waals surface area contributed by atoms with Crippen molar-refractivity contribution in [3.8, 4) is 0 Å². The van der Waals surface area contributed by atoms with Crippen molar-refractivity contribution >= 4 is 5.78 Å². The van der Waals surface area contributed by atoms with Gasteiger partial charge in [-0.15, -0.1) is 0 Å². The molecule has 1 heteroatoms. The highest BCUT2D eigenvalue weighted by Gasteiger charge is 2.37. The molecular weight excluding hydrogens is 196 g/mol. The van der Waals surface area contributed by atoms with Gasteiger partial charge in [-0.3, -0.25) is 4.79 Å². The third-order valence-corrected chi connectivity index (χ3v) is 3.53. The lowest BCUT2D eigenvalue weighted by atomic mass is 9.81. The van der Waals surface area contributed by atoms with E-state index in [1.807, 2.05) is 0 Å². The van der Waals surface area contributed by atoms with Gasteiger partial charge >= 0.3 is 0 Å². The summed E-state index contributed by atoms with van der Waals surface area (Å²) in [6.45, 7) is 13.1. The van der Waals surface area contributed by atoms with Gasteiger partial charge in [-0.1, -0.05) is 53.5 Å². The molecule has 0 N–H and O–H groups in total. The Labute approximate surface area is 100 Å². The Morgan fingerprint density at radius 1 is 1.31 bits per heavy atom. The van der Waals surface area contributed by atoms with Crippen molar-refractivity contribution in [2.75, 3.05) is 0 Å². The standard InChI is InChI=1S/C15H26O/c1-7-8-11-9-12(15(4,5)6)13(10(2)3)14(11)16/h10-11H,7-9H2,1-6H3. The van der Waals surface area contributed by atoms with E-state index in [1.165, 1.54) is 5.57 Å². The van der Waals surface area contributed by atoms with E-state index < -0.39 is 0 Å². The first-order valence-corrected chi connectivity index (χ1v) is 6.56. The summed E-state index contributed by atoms with van der Waals surface area (Å²) in [5.41, 5.74) is 2.69. The molecule has 0 fully saturated rings. The van der Waals surface area contributed by atoms with Gasteiger partial charge in [0.05, 0.1) is 0 Å². The number of rotatable bonds is 3. The van der Waals surface area contributed by atoms with Crippen LogP contribution in [0.15, 0.2) is 11.1 Å². The first kappa shape index (κ1) is 13.5. The molecule has 0 amide bonds. The number of carbonyl (C=O) groups is 1. The van der Waals surface area contributed by atoms with E-state index in [9.17, 15) is 4.79 Å². The van der Waals surface area contributed by atoms with Crippen LogP contribution in [0.3, 0.4) is 0 Å². The summed E-state index contributed by atoms with van der Waals surface area (Å²) in [6.07, 6.45) is 3.16. The highest BCUT2D eigenvalue weighted by molar-refractivity contribution is 6.01. The van der Waals surface area contributed by atoms with Crippen LogP contribution in [0.2, 0.25) is 0 Å². The van der Waals surface area contributed by atoms with Crippen molar-refractivity contribution < 1.29 is 4.79 Å². The predicted octanol–water partition coefficient (Wildman–Crippen LogP) is 4.37. The molecule has 0 aromatic carbocycles. The molecule has 0 spiro atoms. The number of hydrogen-bond acceptors (Lipinski definition) is 1. The largest absolute Gasteiger partial charge is 0.294 e. The topological polar surface area (TPSA) is 17.1 Å². The van der Waals surface area contributed by atoms with Gasteiger partial charge in [-0.05, 0) is 29.7 Å². The van der Waals surface area contributed by atoms with Crippen LogP contribution in [-0.2, 0) is 4.79 Å². The third-order valence-electron chi connectivity index (χ3n) is 3.53. The molecule has 0 aromatic heterocycles. The van der Waals surface area contributed by atoms with Gasteiger partial charge < -0.3 is 0 Å². The minimum atomic E-state index is 0.151. The van der Waals surface area contributed by atoms with Crippen LogP contribution in [-0.4, -0.2) is 5.78 Å². The minimum Gasteiger partial charge on any atom is -0.294 e. The van der Waals surface area contributed by atoms with Crippen molar-refractivity contribution in [1.82, 2.24) is 0 Å². The van der Waals surface area contributed by atoms with Crippen LogP contribution < -0.4 is 0 Å². The lowest BCUT2D eigenvalue weighted by Crippen LogP contribution is -2.14. The molecule has 0 saturated carbocycles. The van der Waals surface area contributed by atoms with Gasteiger partial charge in [0.25, 0.3) is 0 Å². The Morgan fingerprint density at radius 2 is 1.88 bits per heavy atom. The maximum Gasteiger partial charge on any atom is 0.162 e. The summed E-state index contributed by atoms with van der Waals surface area (Å²) in [6, 6.07) is 0. The second-order valence-corrected chi connectivity index (χ2v) is 6.35. The summed E-state index contributed by atoms with van der Waals surface area (Å²) in [5, 5.41) is 0. The number of allylic oxidation sites excluding steroid dienone is 2. The zero-order chi connectivity index (χ0) is 12.5. The van der Waals surface area contributed by atoms with E-state index in [0.717, 1.165) is 24.8 Å². The molecular formula is C15H26O. The highest BCUT2D eigenvalue weighted by atomic mass is 16.1. The quantitative estimate of drug-likeness (QED) is 0.693. The molecule has 1 unspecified atom stereocenters. The van der Waals surface area contributed by atoms with E-state index in [-0.39, 0.29) is 11.3 Å². The van der Waals surface area contributed by atoms with E-state index >= 15 is 0 Å². The molecule has 1 aliphatic carbocycles. The van der Waals surface area contributed by atoms with E-state index in [2.05, 4.69) is 41.5 Å². The van der Waals surface area contributed by atoms with Crippen molar-refractivity contribution in [1.29, 1.82) is 0 Å². The molecule has 1 rings (SSSR count). The monoisotopic (exact) mass is 222 g/mol. The summed E-state index contributed by atoms with van der Waals surface area (Å²) in [5.74, 6) is 1.09. The number of Topliss-reactive ketones (excluding diaryl/α,β-unsaturated/α-hetero) is 1. The van der Waals surface area contributed by atoms with Gasteiger partial charge in [-0.25, -0.2) is 0 Å². The summed E-state index contributed by atoms with van der Waals surface area (Å²) < 4.78 is 0. The fourth-order valence-corrected chi connectivity index (χ4v) is 2.74. The molecule has 0 radical (unpaired) electrons. The molecule has 0 bridgehead atoms. The second kappa shape index (κ2) is 4.73. The molecule has 1 nitrogen and oxygen atoms in total. The van der Waals surface area contributed by atoms with Gasteiger partial charge in [0.2, 0.25) is 0 Å². The Hall–Kier alpha value is -0.590. The summed E-state index contributed by atoms with van der Waals surface area (Å²) in [4.78, 5) is 12.3. The smallest absolute Gasteiger partial charge is 0.162 e. The van der Waals surface area contributed by atoms with Gasteiger partial charge in [0, 0.05) is 5.92 Å². The van der Waals surface area contributed by atoms with Crippen LogP contribution in [0, 0.1) is 17.3 Å². The molecule has 0 aliphatic heterocycles. The van der Waals surface area contributed by atoms with Crippen LogP contribution in [0.5, 0.6) is 0 Å². The normalized spacial score (nSPS) is 22.4. The van der Waals surface area contributed by atoms with E-state index in [1.54, 1.807) is 0 Å². The first-order valence-electron chi connectivity index (χ1n) is 6.56. The minimum absolute atomic E-state index is 0.151. The molecule has 1 atom stereocenters. The number of ketones is 1. The van der Waals surface area contributed by atoms with Crippen LogP contribution in [0.25, 0.3) is 0 Å². The number of hydrogen-bond donors (Lipinski definition) is 0. The third kappa shape index (κ3) is 2.56. The molecule has 16 heavy (non-hydrogen) atoms. The van der Waals surface area contributed by atoms with E-state index in [4.69, 9.17) is 0 Å². The van der Waals surface area contributed by atoms with Crippen LogP contribution >= 0.6 is 0 Å². The highest BCUT2D eigenvalue weighted by Crippen LogP contribution is 2.43. The lowest BCUT2D eigenvalue weighted by molar-refractivity contribution is -0.118. The first-order chi connectivity index (χ1) is 7.29. The van der Waals surface area contributed by atoms with E-state index in [0.29, 0.717) is 11.7 Å². The molecule has 0 heterocycles. The zero-order valence-corrected chi connectivity index (χ0v) is 11.7. The van der Waals surface area contributed by atoms with Crippen LogP contribution in [0.4, 0.5) is 0 Å². The second-order valence-electron chi connectivity index (χ2n) is 6.35. The average Bonchev–Trinajstić information content (AvgIpc) is 2.44. The lowest BCUT2D eigenvalue weighted by Gasteiger charge is -2.23.